The van der Waals surface area contributed by atoms with E-state index in [0.29, 0.717) is 11.8 Å². The summed E-state index contributed by atoms with van der Waals surface area (Å²) in [6.07, 6.45) is 7.89. The lowest BCUT2D eigenvalue weighted by molar-refractivity contribution is -0.145. The van der Waals surface area contributed by atoms with Crippen molar-refractivity contribution < 1.29 is 9.90 Å². The van der Waals surface area contributed by atoms with E-state index in [4.69, 9.17) is 0 Å². The summed E-state index contributed by atoms with van der Waals surface area (Å²) in [6, 6.07) is 0.402. The summed E-state index contributed by atoms with van der Waals surface area (Å²) in [5.41, 5.74) is -0.766. The SMILES string of the molecule is Cn1ccnc1SCC(NC1CC1)(C(=O)O)C1CC1. The summed E-state index contributed by atoms with van der Waals surface area (Å²) in [7, 11) is 1.93. The topological polar surface area (TPSA) is 67.2 Å². The zero-order valence-electron chi connectivity index (χ0n) is 11.0. The molecule has 0 aliphatic heterocycles. The van der Waals surface area contributed by atoms with Gasteiger partial charge in [0.05, 0.1) is 0 Å². The molecule has 19 heavy (non-hydrogen) atoms. The monoisotopic (exact) mass is 281 g/mol. The number of carboxylic acid groups (broad SMARTS) is 1. The van der Waals surface area contributed by atoms with Gasteiger partial charge >= 0.3 is 5.97 Å². The summed E-state index contributed by atoms with van der Waals surface area (Å²) >= 11 is 1.54. The molecule has 0 bridgehead atoms. The van der Waals surface area contributed by atoms with Crippen LogP contribution >= 0.6 is 11.8 Å². The van der Waals surface area contributed by atoms with Crippen molar-refractivity contribution in [2.24, 2.45) is 13.0 Å². The molecule has 5 nitrogen and oxygen atoms in total. The van der Waals surface area contributed by atoms with Crippen molar-refractivity contribution in [2.75, 3.05) is 5.75 Å². The molecule has 1 atom stereocenters. The zero-order chi connectivity index (χ0) is 13.5. The second-order valence-corrected chi connectivity index (χ2v) is 6.52. The van der Waals surface area contributed by atoms with Gasteiger partial charge in [-0.05, 0) is 31.6 Å². The molecule has 1 unspecified atom stereocenters. The van der Waals surface area contributed by atoms with Gasteiger partial charge in [0.25, 0.3) is 0 Å². The predicted molar refractivity (Wildman–Crippen MR) is 73.2 cm³/mol. The van der Waals surface area contributed by atoms with Crippen LogP contribution in [-0.4, -0.2) is 38.0 Å². The van der Waals surface area contributed by atoms with Crippen LogP contribution in [0.2, 0.25) is 0 Å². The van der Waals surface area contributed by atoms with Crippen LogP contribution in [0.15, 0.2) is 17.6 Å². The van der Waals surface area contributed by atoms with Crippen LogP contribution in [0.5, 0.6) is 0 Å². The molecule has 104 valence electrons. The molecule has 1 aromatic heterocycles. The number of aromatic nitrogens is 2. The third-order valence-corrected chi connectivity index (χ3v) is 5.15. The largest absolute Gasteiger partial charge is 0.480 e. The van der Waals surface area contributed by atoms with E-state index in [-0.39, 0.29) is 5.92 Å². The summed E-state index contributed by atoms with van der Waals surface area (Å²) < 4.78 is 1.93. The van der Waals surface area contributed by atoms with E-state index in [1.165, 1.54) is 11.8 Å². The molecule has 2 saturated carbocycles. The molecule has 0 amide bonds. The van der Waals surface area contributed by atoms with Crippen molar-refractivity contribution >= 4 is 17.7 Å². The van der Waals surface area contributed by atoms with Crippen molar-refractivity contribution in [3.63, 3.8) is 0 Å². The number of nitrogens with zero attached hydrogens (tertiary/aromatic N) is 2. The minimum Gasteiger partial charge on any atom is -0.480 e. The van der Waals surface area contributed by atoms with Gasteiger partial charge in [-0.1, -0.05) is 11.8 Å². The summed E-state index contributed by atoms with van der Waals surface area (Å²) in [5.74, 6) is 0.121. The van der Waals surface area contributed by atoms with Gasteiger partial charge in [-0.15, -0.1) is 0 Å². The molecular weight excluding hydrogens is 262 g/mol. The number of hydrogen-bond acceptors (Lipinski definition) is 4. The van der Waals surface area contributed by atoms with Gasteiger partial charge in [-0.25, -0.2) is 4.98 Å². The number of hydrogen-bond donors (Lipinski definition) is 2. The minimum absolute atomic E-state index is 0.276. The molecule has 2 N–H and O–H groups in total. The van der Waals surface area contributed by atoms with Gasteiger partial charge in [-0.2, -0.15) is 0 Å². The average Bonchev–Trinajstić information content (AvgIpc) is 3.25. The molecule has 0 saturated heterocycles. The molecule has 0 aromatic carbocycles. The average molecular weight is 281 g/mol. The highest BCUT2D eigenvalue weighted by molar-refractivity contribution is 7.99. The van der Waals surface area contributed by atoms with E-state index in [1.807, 2.05) is 17.8 Å². The van der Waals surface area contributed by atoms with Crippen LogP contribution in [0.25, 0.3) is 0 Å². The summed E-state index contributed by atoms with van der Waals surface area (Å²) in [6.45, 7) is 0. The molecule has 3 rings (SSSR count). The Balaban J connectivity index is 1.74. The van der Waals surface area contributed by atoms with Crippen LogP contribution in [0.4, 0.5) is 0 Å². The molecule has 2 fully saturated rings. The number of carboxylic acids is 1. The Morgan fingerprint density at radius 2 is 2.32 bits per heavy atom. The van der Waals surface area contributed by atoms with E-state index in [9.17, 15) is 9.90 Å². The van der Waals surface area contributed by atoms with Crippen molar-refractivity contribution in [3.8, 4) is 0 Å². The van der Waals surface area contributed by atoms with Gasteiger partial charge in [0, 0.05) is 31.2 Å². The number of aliphatic carboxylic acids is 1. The minimum atomic E-state index is -0.766. The maximum absolute atomic E-state index is 11.8. The number of aryl methyl sites for hydroxylation is 1. The summed E-state index contributed by atoms with van der Waals surface area (Å²) in [5, 5.41) is 14.0. The van der Waals surface area contributed by atoms with E-state index in [0.717, 1.165) is 30.8 Å². The Labute approximate surface area is 116 Å². The number of rotatable bonds is 7. The van der Waals surface area contributed by atoms with Gasteiger partial charge in [-0.3, -0.25) is 10.1 Å². The van der Waals surface area contributed by atoms with Crippen LogP contribution in [0, 0.1) is 5.92 Å². The van der Waals surface area contributed by atoms with Crippen LogP contribution in [0.3, 0.4) is 0 Å². The lowest BCUT2D eigenvalue weighted by Crippen LogP contribution is -2.57. The normalized spacial score (nSPS) is 22.2. The Kier molecular flexibility index (Phi) is 3.30. The zero-order valence-corrected chi connectivity index (χ0v) is 11.8. The molecule has 1 heterocycles. The Hall–Kier alpha value is -1.01. The van der Waals surface area contributed by atoms with E-state index >= 15 is 0 Å². The first-order chi connectivity index (χ1) is 9.12. The number of thioether (sulfide) groups is 1. The van der Waals surface area contributed by atoms with E-state index < -0.39 is 11.5 Å². The van der Waals surface area contributed by atoms with Crippen LogP contribution in [0.1, 0.15) is 25.7 Å². The maximum atomic E-state index is 11.8. The third-order valence-electron chi connectivity index (χ3n) is 3.90. The molecule has 6 heteroatoms. The quantitative estimate of drug-likeness (QED) is 0.741. The first-order valence-electron chi connectivity index (χ1n) is 6.73. The fourth-order valence-electron chi connectivity index (χ4n) is 2.41. The highest BCUT2D eigenvalue weighted by Crippen LogP contribution is 2.44. The Bertz CT molecular complexity index is 482. The third kappa shape index (κ3) is 2.65. The Morgan fingerprint density at radius 1 is 1.58 bits per heavy atom. The van der Waals surface area contributed by atoms with Crippen molar-refractivity contribution in [1.82, 2.24) is 14.9 Å². The van der Waals surface area contributed by atoms with Gasteiger partial charge in [0.2, 0.25) is 0 Å². The fourth-order valence-corrected chi connectivity index (χ4v) is 3.61. The first-order valence-corrected chi connectivity index (χ1v) is 7.71. The van der Waals surface area contributed by atoms with Crippen LogP contribution in [-0.2, 0) is 11.8 Å². The van der Waals surface area contributed by atoms with Crippen molar-refractivity contribution in [1.29, 1.82) is 0 Å². The predicted octanol–water partition coefficient (Wildman–Crippen LogP) is 1.50. The summed E-state index contributed by atoms with van der Waals surface area (Å²) in [4.78, 5) is 16.1. The standard InChI is InChI=1S/C13H19N3O2S/c1-16-7-6-14-12(16)19-8-13(11(17)18,9-2-3-9)15-10-4-5-10/h6-7,9-10,15H,2-5,8H2,1H3,(H,17,18). The van der Waals surface area contributed by atoms with E-state index in [1.54, 1.807) is 6.20 Å². The van der Waals surface area contributed by atoms with Gasteiger partial charge in [0.15, 0.2) is 5.16 Å². The molecule has 2 aliphatic carbocycles. The number of nitrogens with one attached hydrogen (secondary N) is 1. The van der Waals surface area contributed by atoms with Crippen molar-refractivity contribution in [3.05, 3.63) is 12.4 Å². The fraction of sp³-hybridized carbons (Fsp3) is 0.692. The van der Waals surface area contributed by atoms with Gasteiger partial charge in [0.1, 0.15) is 5.54 Å². The number of carbonyl (C=O) groups is 1. The molecule has 0 radical (unpaired) electrons. The highest BCUT2D eigenvalue weighted by atomic mass is 32.2. The lowest BCUT2D eigenvalue weighted by atomic mass is 9.95. The number of imidazole rings is 1. The second-order valence-electron chi connectivity index (χ2n) is 5.58. The van der Waals surface area contributed by atoms with E-state index in [2.05, 4.69) is 10.3 Å². The van der Waals surface area contributed by atoms with Crippen molar-refractivity contribution in [2.45, 2.75) is 42.4 Å². The second kappa shape index (κ2) is 4.83. The molecular formula is C13H19N3O2S. The molecule has 1 aromatic rings. The first kappa shape index (κ1) is 13.0. The van der Waals surface area contributed by atoms with Gasteiger partial charge < -0.3 is 9.67 Å². The smallest absolute Gasteiger partial charge is 0.325 e. The maximum Gasteiger partial charge on any atom is 0.325 e. The van der Waals surface area contributed by atoms with Crippen LogP contribution < -0.4 is 5.32 Å². The lowest BCUT2D eigenvalue weighted by Gasteiger charge is -2.30. The molecule has 0 spiro atoms. The Morgan fingerprint density at radius 3 is 2.79 bits per heavy atom. The highest BCUT2D eigenvalue weighted by Gasteiger charge is 2.53. The molecule has 2 aliphatic rings.